The van der Waals surface area contributed by atoms with E-state index in [1.54, 1.807) is 39.3 Å². The fourth-order valence-electron chi connectivity index (χ4n) is 2.20. The van der Waals surface area contributed by atoms with Gasteiger partial charge in [-0.3, -0.25) is 4.79 Å². The van der Waals surface area contributed by atoms with Crippen molar-refractivity contribution in [3.8, 4) is 11.5 Å². The molecule has 0 aromatic heterocycles. The highest BCUT2D eigenvalue weighted by Gasteiger charge is 2.18. The number of methoxy groups -OCH3 is 2. The fourth-order valence-corrected chi connectivity index (χ4v) is 2.36. The molecule has 0 aliphatic heterocycles. The van der Waals surface area contributed by atoms with E-state index in [2.05, 4.69) is 5.32 Å². The van der Waals surface area contributed by atoms with E-state index >= 15 is 0 Å². The molecule has 0 spiro atoms. The van der Waals surface area contributed by atoms with Crippen molar-refractivity contribution in [2.24, 2.45) is 0 Å². The van der Waals surface area contributed by atoms with Crippen molar-refractivity contribution in [2.75, 3.05) is 14.2 Å². The Morgan fingerprint density at radius 3 is 2.52 bits per heavy atom. The van der Waals surface area contributed by atoms with Gasteiger partial charge in [-0.15, -0.1) is 0 Å². The summed E-state index contributed by atoms with van der Waals surface area (Å²) >= 11 is 5.69. The van der Waals surface area contributed by atoms with Crippen LogP contribution in [0.25, 0.3) is 0 Å². The van der Waals surface area contributed by atoms with E-state index in [-0.39, 0.29) is 10.6 Å². The highest BCUT2D eigenvalue weighted by Crippen LogP contribution is 2.29. The number of rotatable bonds is 5. The van der Waals surface area contributed by atoms with E-state index in [1.165, 1.54) is 12.1 Å². The van der Waals surface area contributed by atoms with Crippen molar-refractivity contribution >= 4 is 17.5 Å². The number of hydrogen-bond donors (Lipinski definition) is 1. The van der Waals surface area contributed by atoms with Gasteiger partial charge in [0, 0.05) is 10.6 Å². The third kappa shape index (κ3) is 3.93. The summed E-state index contributed by atoms with van der Waals surface area (Å²) in [7, 11) is 3.09. The lowest BCUT2D eigenvalue weighted by Crippen LogP contribution is -2.27. The van der Waals surface area contributed by atoms with E-state index in [0.29, 0.717) is 11.5 Å². The molecule has 2 aromatic carbocycles. The SMILES string of the molecule is COc1ccc(OC)c(C(C)NC(=O)c2ccc(Cl)cc2F)c1. The highest BCUT2D eigenvalue weighted by atomic mass is 35.5. The van der Waals surface area contributed by atoms with Crippen LogP contribution in [0, 0.1) is 5.82 Å². The first-order valence-corrected chi connectivity index (χ1v) is 7.32. The summed E-state index contributed by atoms with van der Waals surface area (Å²) in [6.45, 7) is 1.78. The normalized spacial score (nSPS) is 11.7. The van der Waals surface area contributed by atoms with Gasteiger partial charge >= 0.3 is 0 Å². The molecular formula is C17H17ClFNO3. The molecule has 0 saturated heterocycles. The minimum absolute atomic E-state index is 0.0666. The Hall–Kier alpha value is -2.27. The lowest BCUT2D eigenvalue weighted by Gasteiger charge is -2.18. The Kier molecular flexibility index (Phi) is 5.45. The number of carbonyl (C=O) groups excluding carboxylic acids is 1. The first-order chi connectivity index (χ1) is 11.0. The van der Waals surface area contributed by atoms with Gasteiger partial charge in [-0.25, -0.2) is 4.39 Å². The van der Waals surface area contributed by atoms with Gasteiger partial charge < -0.3 is 14.8 Å². The molecule has 1 unspecified atom stereocenters. The zero-order chi connectivity index (χ0) is 17.0. The zero-order valence-electron chi connectivity index (χ0n) is 13.0. The van der Waals surface area contributed by atoms with E-state index in [0.717, 1.165) is 11.6 Å². The van der Waals surface area contributed by atoms with Gasteiger partial charge in [0.25, 0.3) is 5.91 Å². The summed E-state index contributed by atoms with van der Waals surface area (Å²) in [6.07, 6.45) is 0. The molecule has 0 fully saturated rings. The number of amides is 1. The van der Waals surface area contributed by atoms with Crippen molar-refractivity contribution in [2.45, 2.75) is 13.0 Å². The van der Waals surface area contributed by atoms with Crippen LogP contribution in [0.3, 0.4) is 0 Å². The van der Waals surface area contributed by atoms with Crippen molar-refractivity contribution in [3.05, 3.63) is 58.4 Å². The average Bonchev–Trinajstić information content (AvgIpc) is 2.53. The van der Waals surface area contributed by atoms with Crippen LogP contribution < -0.4 is 14.8 Å². The molecule has 1 N–H and O–H groups in total. The topological polar surface area (TPSA) is 47.6 Å². The number of halogens is 2. The molecule has 0 heterocycles. The first-order valence-electron chi connectivity index (χ1n) is 6.94. The molecule has 0 saturated carbocycles. The van der Waals surface area contributed by atoms with Crippen molar-refractivity contribution in [3.63, 3.8) is 0 Å². The second-order valence-corrected chi connectivity index (χ2v) is 5.36. The van der Waals surface area contributed by atoms with Crippen LogP contribution in [0.4, 0.5) is 4.39 Å². The first kappa shape index (κ1) is 17.1. The zero-order valence-corrected chi connectivity index (χ0v) is 13.8. The van der Waals surface area contributed by atoms with E-state index < -0.39 is 17.8 Å². The summed E-state index contributed by atoms with van der Waals surface area (Å²) in [5.74, 6) is 0.0473. The highest BCUT2D eigenvalue weighted by molar-refractivity contribution is 6.30. The van der Waals surface area contributed by atoms with E-state index in [4.69, 9.17) is 21.1 Å². The average molecular weight is 338 g/mol. The van der Waals surface area contributed by atoms with Crippen LogP contribution in [0.2, 0.25) is 5.02 Å². The Morgan fingerprint density at radius 1 is 1.17 bits per heavy atom. The maximum Gasteiger partial charge on any atom is 0.254 e. The number of hydrogen-bond acceptors (Lipinski definition) is 3. The minimum Gasteiger partial charge on any atom is -0.497 e. The number of carbonyl (C=O) groups is 1. The number of benzene rings is 2. The largest absolute Gasteiger partial charge is 0.497 e. The summed E-state index contributed by atoms with van der Waals surface area (Å²) in [6, 6.07) is 8.80. The summed E-state index contributed by atoms with van der Waals surface area (Å²) in [5.41, 5.74) is 0.665. The van der Waals surface area contributed by atoms with Gasteiger partial charge in [-0.05, 0) is 43.3 Å². The smallest absolute Gasteiger partial charge is 0.254 e. The van der Waals surface area contributed by atoms with Crippen LogP contribution in [0.15, 0.2) is 36.4 Å². The van der Waals surface area contributed by atoms with Crippen LogP contribution in [0.5, 0.6) is 11.5 Å². The van der Waals surface area contributed by atoms with Crippen molar-refractivity contribution < 1.29 is 18.7 Å². The number of ether oxygens (including phenoxy) is 2. The minimum atomic E-state index is -0.667. The number of nitrogens with one attached hydrogen (secondary N) is 1. The van der Waals surface area contributed by atoms with Gasteiger partial charge in [0.1, 0.15) is 17.3 Å². The Bertz CT molecular complexity index is 721. The summed E-state index contributed by atoms with van der Waals surface area (Å²) < 4.78 is 24.3. The van der Waals surface area contributed by atoms with Gasteiger partial charge in [-0.2, -0.15) is 0 Å². The molecule has 2 aromatic rings. The Balaban J connectivity index is 2.24. The lowest BCUT2D eigenvalue weighted by molar-refractivity contribution is 0.0935. The molecule has 0 aliphatic carbocycles. The van der Waals surface area contributed by atoms with Gasteiger partial charge in [-0.1, -0.05) is 11.6 Å². The maximum atomic E-state index is 13.8. The van der Waals surface area contributed by atoms with Crippen LogP contribution in [0.1, 0.15) is 28.9 Å². The second-order valence-electron chi connectivity index (χ2n) is 4.93. The molecule has 2 rings (SSSR count). The lowest BCUT2D eigenvalue weighted by atomic mass is 10.1. The summed E-state index contributed by atoms with van der Waals surface area (Å²) in [5, 5.41) is 2.98. The van der Waals surface area contributed by atoms with E-state index in [9.17, 15) is 9.18 Å². The van der Waals surface area contributed by atoms with Crippen molar-refractivity contribution in [1.82, 2.24) is 5.32 Å². The Morgan fingerprint density at radius 2 is 1.91 bits per heavy atom. The van der Waals surface area contributed by atoms with Crippen molar-refractivity contribution in [1.29, 1.82) is 0 Å². The molecule has 0 aliphatic rings. The molecular weight excluding hydrogens is 321 g/mol. The van der Waals surface area contributed by atoms with Crippen LogP contribution in [-0.2, 0) is 0 Å². The van der Waals surface area contributed by atoms with Crippen LogP contribution >= 0.6 is 11.6 Å². The molecule has 0 radical (unpaired) electrons. The quantitative estimate of drug-likeness (QED) is 0.897. The molecule has 122 valence electrons. The van der Waals surface area contributed by atoms with E-state index in [1.807, 2.05) is 0 Å². The standard InChI is InChI=1S/C17H17ClFNO3/c1-10(14-9-12(22-2)5-7-16(14)23-3)20-17(21)13-6-4-11(18)8-15(13)19/h4-10H,1-3H3,(H,20,21). The molecule has 1 atom stereocenters. The fraction of sp³-hybridized carbons (Fsp3) is 0.235. The third-order valence-corrected chi connectivity index (χ3v) is 3.66. The predicted molar refractivity (Wildman–Crippen MR) is 86.8 cm³/mol. The monoisotopic (exact) mass is 337 g/mol. The molecule has 4 nitrogen and oxygen atoms in total. The molecule has 0 bridgehead atoms. The van der Waals surface area contributed by atoms with Gasteiger partial charge in [0.05, 0.1) is 25.8 Å². The van der Waals surface area contributed by atoms with Gasteiger partial charge in [0.15, 0.2) is 0 Å². The molecule has 1 amide bonds. The maximum absolute atomic E-state index is 13.8. The molecule has 23 heavy (non-hydrogen) atoms. The second kappa shape index (κ2) is 7.33. The van der Waals surface area contributed by atoms with Gasteiger partial charge in [0.2, 0.25) is 0 Å². The Labute approximate surface area is 139 Å². The predicted octanol–water partition coefficient (Wildman–Crippen LogP) is 3.99. The van der Waals surface area contributed by atoms with Crippen LogP contribution in [-0.4, -0.2) is 20.1 Å². The molecule has 6 heteroatoms. The third-order valence-electron chi connectivity index (χ3n) is 3.43. The summed E-state index contributed by atoms with van der Waals surface area (Å²) in [4.78, 5) is 12.2.